The Labute approximate surface area is 78.5 Å². The zero-order valence-corrected chi connectivity index (χ0v) is 7.87. The van der Waals surface area contributed by atoms with Gasteiger partial charge in [0.05, 0.1) is 33.0 Å². The van der Waals surface area contributed by atoms with Gasteiger partial charge in [0.15, 0.2) is 0 Å². The molecule has 0 atom stereocenters. The molecule has 0 saturated carbocycles. The third-order valence-electron chi connectivity index (χ3n) is 2.38. The second-order valence-electron chi connectivity index (χ2n) is 3.26. The van der Waals surface area contributed by atoms with E-state index in [9.17, 15) is 0 Å². The summed E-state index contributed by atoms with van der Waals surface area (Å²) >= 11 is 0. The maximum absolute atomic E-state index is 5.34. The topological polar surface area (TPSA) is 34.1 Å². The van der Waals surface area contributed by atoms with E-state index in [1.165, 1.54) is 5.84 Å². The molecule has 0 unspecified atom stereocenters. The van der Waals surface area contributed by atoms with Gasteiger partial charge in [-0.25, -0.2) is 0 Å². The molecule has 0 bridgehead atoms. The Balaban J connectivity index is 1.92. The maximum atomic E-state index is 5.34. The molecule has 0 aliphatic carbocycles. The summed E-state index contributed by atoms with van der Waals surface area (Å²) in [6.45, 7) is 6.04. The SMILES string of the molecule is C1COCCC(N2CCOCC2)=N1. The molecule has 2 rings (SSSR count). The van der Waals surface area contributed by atoms with Crippen molar-refractivity contribution >= 4 is 5.84 Å². The van der Waals surface area contributed by atoms with E-state index >= 15 is 0 Å². The predicted octanol–water partition coefficient (Wildman–Crippen LogP) is 0.137. The summed E-state index contributed by atoms with van der Waals surface area (Å²) in [7, 11) is 0. The van der Waals surface area contributed by atoms with Crippen LogP contribution in [-0.2, 0) is 9.47 Å². The van der Waals surface area contributed by atoms with Gasteiger partial charge < -0.3 is 14.4 Å². The molecule has 2 heterocycles. The fourth-order valence-electron chi connectivity index (χ4n) is 1.66. The quantitative estimate of drug-likeness (QED) is 0.537. The maximum Gasteiger partial charge on any atom is 0.101 e. The van der Waals surface area contributed by atoms with Gasteiger partial charge in [-0.15, -0.1) is 0 Å². The molecule has 1 saturated heterocycles. The lowest BCUT2D eigenvalue weighted by Gasteiger charge is -2.29. The first kappa shape index (κ1) is 8.97. The van der Waals surface area contributed by atoms with Gasteiger partial charge in [0.2, 0.25) is 0 Å². The van der Waals surface area contributed by atoms with E-state index in [4.69, 9.17) is 9.47 Å². The monoisotopic (exact) mass is 184 g/mol. The molecule has 13 heavy (non-hydrogen) atoms. The molecule has 2 aliphatic heterocycles. The second-order valence-corrected chi connectivity index (χ2v) is 3.26. The third kappa shape index (κ3) is 2.42. The highest BCUT2D eigenvalue weighted by Gasteiger charge is 2.15. The molecular weight excluding hydrogens is 168 g/mol. The minimum absolute atomic E-state index is 0.772. The van der Waals surface area contributed by atoms with Crippen LogP contribution < -0.4 is 0 Å². The van der Waals surface area contributed by atoms with Crippen molar-refractivity contribution in [1.29, 1.82) is 0 Å². The first-order valence-electron chi connectivity index (χ1n) is 4.90. The van der Waals surface area contributed by atoms with Crippen LogP contribution in [0.2, 0.25) is 0 Å². The van der Waals surface area contributed by atoms with Crippen LogP contribution >= 0.6 is 0 Å². The second kappa shape index (κ2) is 4.58. The molecule has 4 heteroatoms. The van der Waals surface area contributed by atoms with E-state index in [0.717, 1.165) is 52.5 Å². The minimum atomic E-state index is 0.772. The summed E-state index contributed by atoms with van der Waals surface area (Å²) in [5, 5.41) is 0. The lowest BCUT2D eigenvalue weighted by Crippen LogP contribution is -2.41. The van der Waals surface area contributed by atoms with Crippen LogP contribution in [0.1, 0.15) is 6.42 Å². The van der Waals surface area contributed by atoms with Crippen LogP contribution in [0, 0.1) is 0 Å². The zero-order valence-electron chi connectivity index (χ0n) is 7.87. The standard InChI is InChI=1S/C9H16N2O2/c1-5-12-6-2-10-9(1)11-3-7-13-8-4-11/h1-8H2. The van der Waals surface area contributed by atoms with Crippen LogP contribution in [0.4, 0.5) is 0 Å². The van der Waals surface area contributed by atoms with Gasteiger partial charge in [0, 0.05) is 19.5 Å². The van der Waals surface area contributed by atoms with Gasteiger partial charge in [0.1, 0.15) is 5.84 Å². The predicted molar refractivity (Wildman–Crippen MR) is 50.1 cm³/mol. The Morgan fingerprint density at radius 2 is 1.77 bits per heavy atom. The molecule has 0 spiro atoms. The van der Waals surface area contributed by atoms with E-state index in [1.54, 1.807) is 0 Å². The van der Waals surface area contributed by atoms with Gasteiger partial charge >= 0.3 is 0 Å². The third-order valence-corrected chi connectivity index (χ3v) is 2.38. The molecule has 0 aromatic carbocycles. The molecule has 0 aromatic heterocycles. The number of amidine groups is 1. The molecular formula is C9H16N2O2. The average Bonchev–Trinajstić information content (AvgIpc) is 2.47. The van der Waals surface area contributed by atoms with E-state index in [0.29, 0.717) is 0 Å². The summed E-state index contributed by atoms with van der Waals surface area (Å²) < 4.78 is 10.6. The molecule has 0 N–H and O–H groups in total. The number of aliphatic imine (C=N–C) groups is 1. The number of hydrogen-bond acceptors (Lipinski definition) is 4. The zero-order chi connectivity index (χ0) is 8.93. The van der Waals surface area contributed by atoms with E-state index in [1.807, 2.05) is 0 Å². The van der Waals surface area contributed by atoms with Crippen LogP contribution in [0.25, 0.3) is 0 Å². The van der Waals surface area contributed by atoms with Crippen LogP contribution in [-0.4, -0.2) is 56.8 Å². The first-order valence-corrected chi connectivity index (χ1v) is 4.90. The van der Waals surface area contributed by atoms with Crippen molar-refractivity contribution in [1.82, 2.24) is 4.90 Å². The highest BCUT2D eigenvalue weighted by Crippen LogP contribution is 2.04. The van der Waals surface area contributed by atoms with Gasteiger partial charge in [-0.05, 0) is 0 Å². The van der Waals surface area contributed by atoms with E-state index in [2.05, 4.69) is 9.89 Å². The van der Waals surface area contributed by atoms with Crippen LogP contribution in [0.3, 0.4) is 0 Å². The van der Waals surface area contributed by atoms with Crippen molar-refractivity contribution in [3.63, 3.8) is 0 Å². The average molecular weight is 184 g/mol. The highest BCUT2D eigenvalue weighted by molar-refractivity contribution is 5.82. The summed E-state index contributed by atoms with van der Waals surface area (Å²) in [5.74, 6) is 1.21. The van der Waals surface area contributed by atoms with Crippen molar-refractivity contribution in [3.8, 4) is 0 Å². The van der Waals surface area contributed by atoms with Crippen LogP contribution in [0.5, 0.6) is 0 Å². The lowest BCUT2D eigenvalue weighted by atomic mass is 10.3. The van der Waals surface area contributed by atoms with Gasteiger partial charge in [-0.3, -0.25) is 4.99 Å². The molecule has 4 nitrogen and oxygen atoms in total. The molecule has 1 fully saturated rings. The number of morpholine rings is 1. The Morgan fingerprint density at radius 1 is 1.00 bits per heavy atom. The summed E-state index contributed by atoms with van der Waals surface area (Å²) in [5.41, 5.74) is 0. The lowest BCUT2D eigenvalue weighted by molar-refractivity contribution is 0.0665. The fraction of sp³-hybridized carbons (Fsp3) is 0.889. The Kier molecular flexibility index (Phi) is 3.16. The van der Waals surface area contributed by atoms with Crippen molar-refractivity contribution in [3.05, 3.63) is 0 Å². The van der Waals surface area contributed by atoms with Crippen molar-refractivity contribution in [2.75, 3.05) is 46.1 Å². The van der Waals surface area contributed by atoms with Gasteiger partial charge in [-0.2, -0.15) is 0 Å². The van der Waals surface area contributed by atoms with E-state index < -0.39 is 0 Å². The van der Waals surface area contributed by atoms with Crippen molar-refractivity contribution < 1.29 is 9.47 Å². The highest BCUT2D eigenvalue weighted by atomic mass is 16.5. The number of nitrogens with zero attached hydrogens (tertiary/aromatic N) is 2. The summed E-state index contributed by atoms with van der Waals surface area (Å²) in [6.07, 6.45) is 0.958. The Morgan fingerprint density at radius 3 is 2.62 bits per heavy atom. The Hall–Kier alpha value is -0.610. The van der Waals surface area contributed by atoms with Gasteiger partial charge in [-0.1, -0.05) is 0 Å². The van der Waals surface area contributed by atoms with Crippen LogP contribution in [0.15, 0.2) is 4.99 Å². The number of hydrogen-bond donors (Lipinski definition) is 0. The first-order chi connectivity index (χ1) is 6.47. The Bertz CT molecular complexity index is 188. The summed E-state index contributed by atoms with van der Waals surface area (Å²) in [4.78, 5) is 6.83. The smallest absolute Gasteiger partial charge is 0.101 e. The molecule has 2 aliphatic rings. The van der Waals surface area contributed by atoms with Crippen molar-refractivity contribution in [2.24, 2.45) is 4.99 Å². The summed E-state index contributed by atoms with van der Waals surface area (Å²) in [6, 6.07) is 0. The van der Waals surface area contributed by atoms with E-state index in [-0.39, 0.29) is 0 Å². The molecule has 0 amide bonds. The normalized spacial score (nSPS) is 25.2. The largest absolute Gasteiger partial charge is 0.379 e. The fourth-order valence-corrected chi connectivity index (χ4v) is 1.66. The molecule has 0 aromatic rings. The van der Waals surface area contributed by atoms with Gasteiger partial charge in [0.25, 0.3) is 0 Å². The minimum Gasteiger partial charge on any atom is -0.379 e. The number of ether oxygens (including phenoxy) is 2. The van der Waals surface area contributed by atoms with Crippen molar-refractivity contribution in [2.45, 2.75) is 6.42 Å². The number of rotatable bonds is 0. The molecule has 0 radical (unpaired) electrons. The molecule has 74 valence electrons.